The van der Waals surface area contributed by atoms with Crippen molar-refractivity contribution >= 4 is 29.9 Å². The van der Waals surface area contributed by atoms with E-state index in [1.807, 2.05) is 0 Å². The molecule has 150 valence electrons. The molecular formula is C19H40IN3O2. The molecule has 1 aliphatic carbocycles. The molecule has 2 N–H and O–H groups in total. The number of methoxy groups -OCH3 is 1. The number of hydrogen-bond donors (Lipinski definition) is 2. The Balaban J connectivity index is 0.00000576. The Labute approximate surface area is 172 Å². The second kappa shape index (κ2) is 18.7. The topological polar surface area (TPSA) is 54.9 Å². The third-order valence-corrected chi connectivity index (χ3v) is 4.55. The summed E-state index contributed by atoms with van der Waals surface area (Å²) < 4.78 is 10.4. The van der Waals surface area contributed by atoms with Crippen LogP contribution in [0.15, 0.2) is 4.99 Å². The predicted octanol–water partition coefficient (Wildman–Crippen LogP) is 3.96. The minimum atomic E-state index is 0. The van der Waals surface area contributed by atoms with Gasteiger partial charge >= 0.3 is 0 Å². The number of aliphatic imine (C=N–C) groups is 1. The van der Waals surface area contributed by atoms with Crippen LogP contribution in [0.5, 0.6) is 0 Å². The van der Waals surface area contributed by atoms with E-state index in [4.69, 9.17) is 14.5 Å². The zero-order valence-corrected chi connectivity index (χ0v) is 18.7. The molecule has 25 heavy (non-hydrogen) atoms. The Morgan fingerprint density at radius 1 is 1.00 bits per heavy atom. The maximum Gasteiger partial charge on any atom is 0.191 e. The summed E-state index contributed by atoms with van der Waals surface area (Å²) in [7, 11) is 1.70. The highest BCUT2D eigenvalue weighted by Crippen LogP contribution is 2.27. The number of rotatable bonds is 13. The van der Waals surface area contributed by atoms with E-state index in [-0.39, 0.29) is 24.0 Å². The molecule has 0 bridgehead atoms. The average Bonchev–Trinajstić information content (AvgIpc) is 2.61. The molecule has 0 heterocycles. The van der Waals surface area contributed by atoms with Gasteiger partial charge in [-0.1, -0.05) is 32.1 Å². The lowest BCUT2D eigenvalue weighted by Crippen LogP contribution is -2.38. The van der Waals surface area contributed by atoms with Gasteiger partial charge in [0.1, 0.15) is 0 Å². The molecule has 0 saturated heterocycles. The quantitative estimate of drug-likeness (QED) is 0.186. The van der Waals surface area contributed by atoms with Gasteiger partial charge < -0.3 is 20.1 Å². The van der Waals surface area contributed by atoms with Crippen molar-refractivity contribution in [3.05, 3.63) is 0 Å². The number of hydrogen-bond acceptors (Lipinski definition) is 3. The van der Waals surface area contributed by atoms with Crippen LogP contribution < -0.4 is 10.6 Å². The zero-order valence-electron chi connectivity index (χ0n) is 16.4. The zero-order chi connectivity index (χ0) is 17.3. The van der Waals surface area contributed by atoms with Crippen molar-refractivity contribution < 1.29 is 9.47 Å². The Hall–Kier alpha value is -0.0800. The van der Waals surface area contributed by atoms with Gasteiger partial charge in [-0.3, -0.25) is 4.99 Å². The van der Waals surface area contributed by atoms with Gasteiger partial charge in [0, 0.05) is 33.4 Å². The predicted molar refractivity (Wildman–Crippen MR) is 117 cm³/mol. The van der Waals surface area contributed by atoms with Gasteiger partial charge in [0.05, 0.1) is 13.2 Å². The fraction of sp³-hybridized carbons (Fsp3) is 0.947. The van der Waals surface area contributed by atoms with E-state index in [2.05, 4.69) is 17.6 Å². The lowest BCUT2D eigenvalue weighted by atomic mass is 9.86. The lowest BCUT2D eigenvalue weighted by Gasteiger charge is -2.20. The number of guanidine groups is 1. The first-order chi connectivity index (χ1) is 11.9. The molecule has 0 aromatic heterocycles. The molecule has 0 spiro atoms. The van der Waals surface area contributed by atoms with Crippen molar-refractivity contribution in [1.29, 1.82) is 0 Å². The maximum absolute atomic E-state index is 5.47. The molecule has 1 aliphatic rings. The molecule has 0 atom stereocenters. The normalized spacial score (nSPS) is 15.7. The SMILES string of the molecule is CCNC(=NCCCC1CCCCC1)NCCCCOCCOC.I. The first kappa shape index (κ1) is 24.9. The van der Waals surface area contributed by atoms with Gasteiger partial charge in [0.2, 0.25) is 0 Å². The van der Waals surface area contributed by atoms with E-state index in [0.29, 0.717) is 13.2 Å². The standard InChI is InChI=1S/C19H39N3O2.HI/c1-3-20-19(21-13-7-8-15-24-17-16-23-2)22-14-9-12-18-10-5-4-6-11-18;/h18H,3-17H2,1-2H3,(H2,20,21,22);1H. The number of unbranched alkanes of at least 4 members (excludes halogenated alkanes) is 1. The highest BCUT2D eigenvalue weighted by atomic mass is 127. The van der Waals surface area contributed by atoms with Crippen LogP contribution in [0.4, 0.5) is 0 Å². The van der Waals surface area contributed by atoms with Crippen LogP contribution in [0, 0.1) is 5.92 Å². The summed E-state index contributed by atoms with van der Waals surface area (Å²) in [5.41, 5.74) is 0. The Bertz CT molecular complexity index is 311. The molecule has 1 saturated carbocycles. The third-order valence-electron chi connectivity index (χ3n) is 4.55. The summed E-state index contributed by atoms with van der Waals surface area (Å²) >= 11 is 0. The van der Waals surface area contributed by atoms with Gasteiger partial charge in [-0.05, 0) is 38.5 Å². The molecule has 0 unspecified atom stereocenters. The molecular weight excluding hydrogens is 429 g/mol. The number of halogens is 1. The highest BCUT2D eigenvalue weighted by Gasteiger charge is 2.12. The van der Waals surface area contributed by atoms with Crippen LogP contribution in [0.25, 0.3) is 0 Å². The van der Waals surface area contributed by atoms with Crippen LogP contribution in [0.2, 0.25) is 0 Å². The Morgan fingerprint density at radius 3 is 2.52 bits per heavy atom. The van der Waals surface area contributed by atoms with Crippen molar-refractivity contribution in [2.45, 2.75) is 64.7 Å². The number of ether oxygens (including phenoxy) is 2. The summed E-state index contributed by atoms with van der Waals surface area (Å²) in [6, 6.07) is 0. The van der Waals surface area contributed by atoms with E-state index in [1.54, 1.807) is 7.11 Å². The third kappa shape index (κ3) is 14.7. The van der Waals surface area contributed by atoms with E-state index in [0.717, 1.165) is 51.0 Å². The minimum Gasteiger partial charge on any atom is -0.382 e. The van der Waals surface area contributed by atoms with E-state index in [9.17, 15) is 0 Å². The van der Waals surface area contributed by atoms with Crippen molar-refractivity contribution in [2.75, 3.05) is 46.6 Å². The summed E-state index contributed by atoms with van der Waals surface area (Å²) in [6.45, 7) is 7.08. The fourth-order valence-electron chi connectivity index (χ4n) is 3.17. The smallest absolute Gasteiger partial charge is 0.191 e. The summed E-state index contributed by atoms with van der Waals surface area (Å²) in [5, 5.41) is 6.75. The van der Waals surface area contributed by atoms with Gasteiger partial charge in [-0.15, -0.1) is 24.0 Å². The molecule has 1 rings (SSSR count). The van der Waals surface area contributed by atoms with Crippen molar-refractivity contribution in [3.8, 4) is 0 Å². The molecule has 0 aromatic carbocycles. The maximum atomic E-state index is 5.47. The number of nitrogens with one attached hydrogen (secondary N) is 2. The molecule has 0 amide bonds. The van der Waals surface area contributed by atoms with Crippen LogP contribution in [0.3, 0.4) is 0 Å². The summed E-state index contributed by atoms with van der Waals surface area (Å²) in [4.78, 5) is 4.70. The Morgan fingerprint density at radius 2 is 1.80 bits per heavy atom. The summed E-state index contributed by atoms with van der Waals surface area (Å²) in [5.74, 6) is 1.92. The van der Waals surface area contributed by atoms with Gasteiger partial charge in [0.15, 0.2) is 5.96 Å². The van der Waals surface area contributed by atoms with E-state index < -0.39 is 0 Å². The van der Waals surface area contributed by atoms with Crippen LogP contribution >= 0.6 is 24.0 Å². The van der Waals surface area contributed by atoms with Gasteiger partial charge in [-0.2, -0.15) is 0 Å². The molecule has 5 nitrogen and oxygen atoms in total. The monoisotopic (exact) mass is 469 g/mol. The summed E-state index contributed by atoms with van der Waals surface area (Å²) in [6.07, 6.45) is 11.9. The second-order valence-electron chi connectivity index (χ2n) is 6.65. The molecule has 0 aromatic rings. The minimum absolute atomic E-state index is 0. The van der Waals surface area contributed by atoms with Gasteiger partial charge in [-0.25, -0.2) is 0 Å². The second-order valence-corrected chi connectivity index (χ2v) is 6.65. The lowest BCUT2D eigenvalue weighted by molar-refractivity contribution is 0.0689. The van der Waals surface area contributed by atoms with Gasteiger partial charge in [0.25, 0.3) is 0 Å². The fourth-order valence-corrected chi connectivity index (χ4v) is 3.17. The molecule has 6 heteroatoms. The highest BCUT2D eigenvalue weighted by molar-refractivity contribution is 14.0. The Kier molecular flexibility index (Phi) is 18.6. The van der Waals surface area contributed by atoms with Crippen LogP contribution in [0.1, 0.15) is 64.7 Å². The largest absolute Gasteiger partial charge is 0.382 e. The molecule has 0 radical (unpaired) electrons. The average molecular weight is 469 g/mol. The number of nitrogens with zero attached hydrogens (tertiary/aromatic N) is 1. The van der Waals surface area contributed by atoms with Crippen molar-refractivity contribution in [1.82, 2.24) is 10.6 Å². The van der Waals surface area contributed by atoms with Crippen molar-refractivity contribution in [3.63, 3.8) is 0 Å². The van der Waals surface area contributed by atoms with Crippen LogP contribution in [-0.2, 0) is 9.47 Å². The van der Waals surface area contributed by atoms with E-state index >= 15 is 0 Å². The van der Waals surface area contributed by atoms with E-state index in [1.165, 1.54) is 44.9 Å². The first-order valence-corrected chi connectivity index (χ1v) is 9.95. The van der Waals surface area contributed by atoms with Crippen LogP contribution in [-0.4, -0.2) is 52.5 Å². The van der Waals surface area contributed by atoms with Crippen molar-refractivity contribution in [2.24, 2.45) is 10.9 Å². The molecule has 0 aliphatic heterocycles. The first-order valence-electron chi connectivity index (χ1n) is 9.95. The molecule has 1 fully saturated rings.